The van der Waals surface area contributed by atoms with Crippen LogP contribution in [-0.4, -0.2) is 43.2 Å². The van der Waals surface area contributed by atoms with Gasteiger partial charge in [0.2, 0.25) is 0 Å². The van der Waals surface area contributed by atoms with Crippen LogP contribution >= 0.6 is 0 Å². The van der Waals surface area contributed by atoms with E-state index in [0.29, 0.717) is 6.61 Å². The average molecular weight is 263 g/mol. The minimum Gasteiger partial charge on any atom is -0.375 e. The smallest absolute Gasteiger partial charge is 0.0887 e. The van der Waals surface area contributed by atoms with E-state index in [1.54, 1.807) is 0 Å². The number of aromatic nitrogens is 1. The standard InChI is InChI=1S/C15H25N3O/c1-18(2)8-3-9-19-12-15-5-4-13(11-17-15)10-16-14-6-7-14/h4-5,11,14,16H,3,6-10,12H2,1-2H3. The lowest BCUT2D eigenvalue weighted by Gasteiger charge is -2.09. The molecule has 1 heterocycles. The molecule has 106 valence electrons. The van der Waals surface area contributed by atoms with Crippen molar-refractivity contribution in [2.45, 2.75) is 38.5 Å². The summed E-state index contributed by atoms with van der Waals surface area (Å²) in [5, 5.41) is 3.49. The van der Waals surface area contributed by atoms with Gasteiger partial charge >= 0.3 is 0 Å². The summed E-state index contributed by atoms with van der Waals surface area (Å²) in [5.41, 5.74) is 2.27. The highest BCUT2D eigenvalue weighted by Crippen LogP contribution is 2.19. The molecule has 0 saturated heterocycles. The van der Waals surface area contributed by atoms with Crippen LogP contribution in [0.3, 0.4) is 0 Å². The Morgan fingerprint density at radius 2 is 2.21 bits per heavy atom. The van der Waals surface area contributed by atoms with Gasteiger partial charge in [-0.2, -0.15) is 0 Å². The molecule has 0 aliphatic heterocycles. The monoisotopic (exact) mass is 263 g/mol. The molecule has 1 aliphatic rings. The Hall–Kier alpha value is -0.970. The normalized spacial score (nSPS) is 15.1. The van der Waals surface area contributed by atoms with Crippen molar-refractivity contribution in [3.05, 3.63) is 29.6 Å². The van der Waals surface area contributed by atoms with Gasteiger partial charge in [0.1, 0.15) is 0 Å². The predicted octanol–water partition coefficient (Wildman–Crippen LogP) is 1.80. The number of hydrogen-bond donors (Lipinski definition) is 1. The van der Waals surface area contributed by atoms with E-state index in [2.05, 4.69) is 41.4 Å². The first-order chi connectivity index (χ1) is 9.24. The van der Waals surface area contributed by atoms with Crippen molar-refractivity contribution in [1.82, 2.24) is 15.2 Å². The molecule has 2 rings (SSSR count). The Kier molecular flexibility index (Phi) is 5.76. The van der Waals surface area contributed by atoms with Gasteiger partial charge in [0.25, 0.3) is 0 Å². The highest BCUT2D eigenvalue weighted by atomic mass is 16.5. The summed E-state index contributed by atoms with van der Waals surface area (Å²) < 4.78 is 5.61. The molecule has 0 atom stereocenters. The van der Waals surface area contributed by atoms with E-state index in [4.69, 9.17) is 4.74 Å². The van der Waals surface area contributed by atoms with Crippen LogP contribution in [0.1, 0.15) is 30.5 Å². The lowest BCUT2D eigenvalue weighted by atomic mass is 10.2. The van der Waals surface area contributed by atoms with Crippen molar-refractivity contribution in [3.8, 4) is 0 Å². The van der Waals surface area contributed by atoms with Gasteiger partial charge in [-0.1, -0.05) is 6.07 Å². The van der Waals surface area contributed by atoms with Crippen molar-refractivity contribution < 1.29 is 4.74 Å². The van der Waals surface area contributed by atoms with Crippen LogP contribution in [0.25, 0.3) is 0 Å². The number of hydrogen-bond acceptors (Lipinski definition) is 4. The van der Waals surface area contributed by atoms with Gasteiger partial charge in [-0.3, -0.25) is 4.98 Å². The van der Waals surface area contributed by atoms with E-state index in [1.165, 1.54) is 18.4 Å². The Morgan fingerprint density at radius 3 is 2.84 bits per heavy atom. The van der Waals surface area contributed by atoms with Gasteiger partial charge < -0.3 is 15.0 Å². The van der Waals surface area contributed by atoms with Crippen molar-refractivity contribution in [1.29, 1.82) is 0 Å². The molecule has 4 heteroatoms. The van der Waals surface area contributed by atoms with E-state index in [-0.39, 0.29) is 0 Å². The summed E-state index contributed by atoms with van der Waals surface area (Å²) >= 11 is 0. The number of pyridine rings is 1. The first kappa shape index (κ1) is 14.4. The zero-order chi connectivity index (χ0) is 13.5. The average Bonchev–Trinajstić information content (AvgIpc) is 3.21. The number of nitrogens with one attached hydrogen (secondary N) is 1. The number of rotatable bonds is 9. The van der Waals surface area contributed by atoms with Crippen LogP contribution in [0, 0.1) is 0 Å². The molecule has 1 aromatic rings. The Bertz CT molecular complexity index is 360. The fourth-order valence-electron chi connectivity index (χ4n) is 1.85. The summed E-state index contributed by atoms with van der Waals surface area (Å²) in [6, 6.07) is 4.95. The van der Waals surface area contributed by atoms with Crippen molar-refractivity contribution in [2.75, 3.05) is 27.2 Å². The minimum absolute atomic E-state index is 0.615. The molecule has 0 aromatic carbocycles. The second-order valence-electron chi connectivity index (χ2n) is 5.52. The van der Waals surface area contributed by atoms with Gasteiger partial charge in [-0.25, -0.2) is 0 Å². The van der Waals surface area contributed by atoms with E-state index in [9.17, 15) is 0 Å². The first-order valence-electron chi connectivity index (χ1n) is 7.14. The summed E-state index contributed by atoms with van der Waals surface area (Å²) in [7, 11) is 4.16. The van der Waals surface area contributed by atoms with Crippen LogP contribution in [0.2, 0.25) is 0 Å². The lowest BCUT2D eigenvalue weighted by molar-refractivity contribution is 0.110. The molecule has 0 radical (unpaired) electrons. The van der Waals surface area contributed by atoms with E-state index in [0.717, 1.165) is 37.9 Å². The zero-order valence-electron chi connectivity index (χ0n) is 12.1. The molecule has 0 unspecified atom stereocenters. The molecule has 1 fully saturated rings. The Labute approximate surface area is 116 Å². The molecular formula is C15H25N3O. The van der Waals surface area contributed by atoms with Crippen LogP contribution in [0.15, 0.2) is 18.3 Å². The molecule has 19 heavy (non-hydrogen) atoms. The maximum absolute atomic E-state index is 5.61. The van der Waals surface area contributed by atoms with Crippen molar-refractivity contribution >= 4 is 0 Å². The van der Waals surface area contributed by atoms with Crippen LogP contribution < -0.4 is 5.32 Å². The molecule has 1 aromatic heterocycles. The fraction of sp³-hybridized carbons (Fsp3) is 0.667. The molecule has 1 N–H and O–H groups in total. The first-order valence-corrected chi connectivity index (χ1v) is 7.14. The maximum atomic E-state index is 5.61. The summed E-state index contributed by atoms with van der Waals surface area (Å²) in [6.45, 7) is 3.41. The molecule has 1 saturated carbocycles. The Balaban J connectivity index is 1.60. The molecule has 0 bridgehead atoms. The van der Waals surface area contributed by atoms with Gasteiger partial charge in [-0.05, 0) is 51.5 Å². The van der Waals surface area contributed by atoms with Crippen LogP contribution in [0.4, 0.5) is 0 Å². The summed E-state index contributed by atoms with van der Waals surface area (Å²) in [4.78, 5) is 6.60. The quantitative estimate of drug-likeness (QED) is 0.689. The number of nitrogens with zero attached hydrogens (tertiary/aromatic N) is 2. The van der Waals surface area contributed by atoms with Gasteiger partial charge in [0, 0.05) is 25.4 Å². The third kappa shape index (κ3) is 6.14. The van der Waals surface area contributed by atoms with Crippen LogP contribution in [0.5, 0.6) is 0 Å². The third-order valence-corrected chi connectivity index (χ3v) is 3.20. The number of ether oxygens (including phenoxy) is 1. The minimum atomic E-state index is 0.615. The van der Waals surface area contributed by atoms with Crippen molar-refractivity contribution in [2.24, 2.45) is 0 Å². The molecule has 0 spiro atoms. The Morgan fingerprint density at radius 1 is 1.37 bits per heavy atom. The fourth-order valence-corrected chi connectivity index (χ4v) is 1.85. The van der Waals surface area contributed by atoms with Gasteiger partial charge in [0.15, 0.2) is 0 Å². The van der Waals surface area contributed by atoms with Crippen molar-refractivity contribution in [3.63, 3.8) is 0 Å². The van der Waals surface area contributed by atoms with Gasteiger partial charge in [0.05, 0.1) is 12.3 Å². The van der Waals surface area contributed by atoms with E-state index < -0.39 is 0 Å². The van der Waals surface area contributed by atoms with E-state index in [1.807, 2.05) is 6.20 Å². The molecular weight excluding hydrogens is 238 g/mol. The SMILES string of the molecule is CN(C)CCCOCc1ccc(CNC2CC2)cn1. The van der Waals surface area contributed by atoms with Crippen LogP contribution in [-0.2, 0) is 17.9 Å². The predicted molar refractivity (Wildman–Crippen MR) is 76.9 cm³/mol. The topological polar surface area (TPSA) is 37.4 Å². The maximum Gasteiger partial charge on any atom is 0.0887 e. The molecule has 1 aliphatic carbocycles. The molecule has 4 nitrogen and oxygen atoms in total. The second kappa shape index (κ2) is 7.58. The second-order valence-corrected chi connectivity index (χ2v) is 5.52. The summed E-state index contributed by atoms with van der Waals surface area (Å²) in [6.07, 6.45) is 5.67. The lowest BCUT2D eigenvalue weighted by Crippen LogP contribution is -2.15. The largest absolute Gasteiger partial charge is 0.375 e. The third-order valence-electron chi connectivity index (χ3n) is 3.20. The highest BCUT2D eigenvalue weighted by molar-refractivity contribution is 5.13. The zero-order valence-corrected chi connectivity index (χ0v) is 12.1. The van der Waals surface area contributed by atoms with E-state index >= 15 is 0 Å². The highest BCUT2D eigenvalue weighted by Gasteiger charge is 2.19. The van der Waals surface area contributed by atoms with Gasteiger partial charge in [-0.15, -0.1) is 0 Å². The molecule has 0 amide bonds. The summed E-state index contributed by atoms with van der Waals surface area (Å²) in [5.74, 6) is 0.